The largest absolute Gasteiger partial charge is 0.394 e. The molecule has 0 rings (SSSR count). The van der Waals surface area contributed by atoms with E-state index in [1.165, 1.54) is 0 Å². The van der Waals surface area contributed by atoms with Crippen molar-refractivity contribution in [2.75, 3.05) is 184 Å². The number of hydrogen-bond donors (Lipinski definition) is 3. The van der Waals surface area contributed by atoms with Gasteiger partial charge in [0.2, 0.25) is 0 Å². The third-order valence-corrected chi connectivity index (χ3v) is 4.80. The van der Waals surface area contributed by atoms with Gasteiger partial charge in [-0.3, -0.25) is 0 Å². The van der Waals surface area contributed by atoms with E-state index >= 15 is 0 Å². The van der Waals surface area contributed by atoms with Gasteiger partial charge in [-0.15, -0.1) is 11.6 Å². The first kappa shape index (κ1) is 45.8. The Kier molecular flexibility index (Phi) is 49.0. The molecule has 3 N–H and O–H groups in total. The van der Waals surface area contributed by atoms with Crippen LogP contribution in [0.5, 0.6) is 0 Å². The van der Waals surface area contributed by atoms with Crippen molar-refractivity contribution in [2.45, 2.75) is 0 Å². The van der Waals surface area contributed by atoms with Gasteiger partial charge >= 0.3 is 0 Å². The molecule has 0 saturated carbocycles. The Morgan fingerprint density at radius 2 is 0.364 bits per heavy atom. The molecule has 0 fully saturated rings. The van der Waals surface area contributed by atoms with Gasteiger partial charge in [-0.25, -0.2) is 0 Å². The monoisotopic (exact) mass is 670 g/mol. The summed E-state index contributed by atoms with van der Waals surface area (Å²) >= 11 is 5.46. The lowest BCUT2D eigenvalue weighted by Crippen LogP contribution is -2.14. The quantitative estimate of drug-likeness (QED) is 0.0561. The second kappa shape index (κ2) is 47.1. The molecule has 0 aromatic rings. The summed E-state index contributed by atoms with van der Waals surface area (Å²) < 4.78 is 62.7. The number of aliphatic hydroxyl groups is 3. The molecular weight excluding hydrogens is 612 g/mol. The molecular formula is C28H59ClO15. The minimum Gasteiger partial charge on any atom is -0.394 e. The lowest BCUT2D eigenvalue weighted by molar-refractivity contribution is -0.0194. The highest BCUT2D eigenvalue weighted by Gasteiger charge is 1.95. The average molecular weight is 671 g/mol. The maximum atomic E-state index is 8.49. The first-order valence-electron chi connectivity index (χ1n) is 15.1. The van der Waals surface area contributed by atoms with Crippen molar-refractivity contribution < 1.29 is 72.2 Å². The van der Waals surface area contributed by atoms with Crippen LogP contribution in [-0.2, 0) is 56.8 Å². The molecule has 0 amide bonds. The Bertz CT molecular complexity index is 393. The molecule has 0 atom stereocenters. The number of ether oxygens (including phenoxy) is 12. The lowest BCUT2D eigenvalue weighted by Gasteiger charge is -2.07. The average Bonchev–Trinajstić information content (AvgIpc) is 3.04. The van der Waals surface area contributed by atoms with Gasteiger partial charge in [0.05, 0.1) is 178 Å². The molecule has 0 unspecified atom stereocenters. The molecule has 0 radical (unpaired) electrons. The van der Waals surface area contributed by atoms with Gasteiger partial charge in [0.15, 0.2) is 0 Å². The number of rotatable bonds is 38. The van der Waals surface area contributed by atoms with Crippen LogP contribution in [0, 0.1) is 0 Å². The van der Waals surface area contributed by atoms with E-state index < -0.39 is 0 Å². The molecule has 0 bridgehead atoms. The van der Waals surface area contributed by atoms with E-state index in [1.807, 2.05) is 0 Å². The zero-order valence-corrected chi connectivity index (χ0v) is 27.2. The number of aliphatic hydroxyl groups excluding tert-OH is 3. The van der Waals surface area contributed by atoms with Crippen LogP contribution in [0.2, 0.25) is 0 Å². The lowest BCUT2D eigenvalue weighted by atomic mass is 10.7. The SMILES string of the molecule is OCCOCCOCCOCCOCCOCCOCCCl.OCCOCCOCCOCCOCCOCCOCCO. The topological polar surface area (TPSA) is 171 Å². The maximum Gasteiger partial charge on any atom is 0.0701 e. The third-order valence-electron chi connectivity index (χ3n) is 4.65. The summed E-state index contributed by atoms with van der Waals surface area (Å²) in [5.41, 5.74) is 0. The summed E-state index contributed by atoms with van der Waals surface area (Å²) in [6.07, 6.45) is 0. The van der Waals surface area contributed by atoms with E-state index in [2.05, 4.69) is 0 Å². The summed E-state index contributed by atoms with van der Waals surface area (Å²) in [4.78, 5) is 0. The van der Waals surface area contributed by atoms with Gasteiger partial charge in [0, 0.05) is 5.88 Å². The molecule has 0 heterocycles. The first-order valence-corrected chi connectivity index (χ1v) is 15.7. The normalized spacial score (nSPS) is 11.2. The van der Waals surface area contributed by atoms with Crippen molar-refractivity contribution in [3.05, 3.63) is 0 Å². The Hall–Kier alpha value is -0.310. The molecule has 0 aliphatic rings. The molecule has 0 aromatic heterocycles. The molecule has 0 aliphatic carbocycles. The molecule has 0 aromatic carbocycles. The van der Waals surface area contributed by atoms with E-state index in [-0.39, 0.29) is 19.8 Å². The van der Waals surface area contributed by atoms with Crippen LogP contribution >= 0.6 is 11.6 Å². The minimum atomic E-state index is 0.0334. The van der Waals surface area contributed by atoms with Crippen LogP contribution in [0.3, 0.4) is 0 Å². The maximum absolute atomic E-state index is 8.49. The van der Waals surface area contributed by atoms with Crippen molar-refractivity contribution in [1.29, 1.82) is 0 Å². The standard InChI is InChI=1S/C14H29ClO7.C14H30O8/c2*15-1-3-17-5-7-19-9-11-21-13-14-22-12-10-20-8-6-18-4-2-16/h16H,1-14H2;15-16H,1-14H2. The highest BCUT2D eigenvalue weighted by molar-refractivity contribution is 6.17. The van der Waals surface area contributed by atoms with Crippen LogP contribution in [0.15, 0.2) is 0 Å². The van der Waals surface area contributed by atoms with Crippen LogP contribution < -0.4 is 0 Å². The summed E-state index contributed by atoms with van der Waals surface area (Å²) in [6.45, 7) is 12.0. The van der Waals surface area contributed by atoms with Crippen molar-refractivity contribution in [3.63, 3.8) is 0 Å². The van der Waals surface area contributed by atoms with E-state index in [0.29, 0.717) is 164 Å². The molecule has 268 valence electrons. The Balaban J connectivity index is 0. The van der Waals surface area contributed by atoms with Crippen molar-refractivity contribution in [2.24, 2.45) is 0 Å². The predicted octanol–water partition coefficient (Wildman–Crippen LogP) is -0.612. The minimum absolute atomic E-state index is 0.0334. The fourth-order valence-corrected chi connectivity index (χ4v) is 2.76. The summed E-state index contributed by atoms with van der Waals surface area (Å²) in [5.74, 6) is 0.506. The Morgan fingerprint density at radius 1 is 0.227 bits per heavy atom. The van der Waals surface area contributed by atoms with Gasteiger partial charge in [0.1, 0.15) is 0 Å². The third kappa shape index (κ3) is 48.6. The van der Waals surface area contributed by atoms with Gasteiger partial charge in [-0.1, -0.05) is 0 Å². The van der Waals surface area contributed by atoms with E-state index in [4.69, 9.17) is 83.8 Å². The molecule has 44 heavy (non-hydrogen) atoms. The van der Waals surface area contributed by atoms with E-state index in [1.54, 1.807) is 0 Å². The van der Waals surface area contributed by atoms with Crippen LogP contribution in [0.25, 0.3) is 0 Å². The summed E-state index contributed by atoms with van der Waals surface area (Å²) in [7, 11) is 0. The molecule has 16 heteroatoms. The molecule has 0 spiro atoms. The fraction of sp³-hybridized carbons (Fsp3) is 1.00. The second-order valence-electron chi connectivity index (χ2n) is 8.21. The van der Waals surface area contributed by atoms with Gasteiger partial charge in [0.25, 0.3) is 0 Å². The highest BCUT2D eigenvalue weighted by atomic mass is 35.5. The molecule has 0 saturated heterocycles. The highest BCUT2D eigenvalue weighted by Crippen LogP contribution is 1.86. The fourth-order valence-electron chi connectivity index (χ4n) is 2.65. The van der Waals surface area contributed by atoms with Crippen LogP contribution in [-0.4, -0.2) is 200 Å². The van der Waals surface area contributed by atoms with Gasteiger partial charge in [-0.2, -0.15) is 0 Å². The zero-order chi connectivity index (χ0) is 32.3. The van der Waals surface area contributed by atoms with Crippen LogP contribution in [0.4, 0.5) is 0 Å². The molecule has 15 nitrogen and oxygen atoms in total. The van der Waals surface area contributed by atoms with Gasteiger partial charge < -0.3 is 72.2 Å². The van der Waals surface area contributed by atoms with Crippen LogP contribution in [0.1, 0.15) is 0 Å². The first-order chi connectivity index (χ1) is 21.8. The summed E-state index contributed by atoms with van der Waals surface area (Å²) in [6, 6.07) is 0. The number of halogens is 1. The van der Waals surface area contributed by atoms with E-state index in [9.17, 15) is 0 Å². The van der Waals surface area contributed by atoms with Crippen molar-refractivity contribution in [3.8, 4) is 0 Å². The summed E-state index contributed by atoms with van der Waals surface area (Å²) in [5, 5.41) is 25.4. The Morgan fingerprint density at radius 3 is 0.500 bits per heavy atom. The Labute approximate surface area is 268 Å². The predicted molar refractivity (Wildman–Crippen MR) is 162 cm³/mol. The number of hydrogen-bond acceptors (Lipinski definition) is 15. The molecule has 0 aliphatic heterocycles. The van der Waals surface area contributed by atoms with Crippen molar-refractivity contribution >= 4 is 11.6 Å². The van der Waals surface area contributed by atoms with Gasteiger partial charge in [-0.05, 0) is 0 Å². The second-order valence-corrected chi connectivity index (χ2v) is 8.59. The number of alkyl halides is 1. The van der Waals surface area contributed by atoms with E-state index in [0.717, 1.165) is 0 Å². The smallest absolute Gasteiger partial charge is 0.0701 e. The van der Waals surface area contributed by atoms with Crippen molar-refractivity contribution in [1.82, 2.24) is 0 Å². The zero-order valence-electron chi connectivity index (χ0n) is 26.4.